The van der Waals surface area contributed by atoms with Gasteiger partial charge in [0.25, 0.3) is 0 Å². The van der Waals surface area contributed by atoms with Crippen LogP contribution in [0.4, 0.5) is 0 Å². The quantitative estimate of drug-likeness (QED) is 0.413. The number of fused-ring (bicyclic) bond motifs is 1. The van der Waals surface area contributed by atoms with Gasteiger partial charge in [-0.2, -0.15) is 0 Å². The van der Waals surface area contributed by atoms with E-state index in [0.717, 1.165) is 6.42 Å². The van der Waals surface area contributed by atoms with Crippen LogP contribution in [0.15, 0.2) is 12.2 Å². The minimum atomic E-state index is 0.167. The van der Waals surface area contributed by atoms with Crippen LogP contribution in [0, 0.1) is 22.7 Å². The maximum Gasteiger partial charge on any atom is 0.147 e. The molecule has 2 aliphatic carbocycles. The van der Waals surface area contributed by atoms with Gasteiger partial charge in [0, 0.05) is 7.11 Å². The zero-order valence-corrected chi connectivity index (χ0v) is 15.1. The predicted octanol–water partition coefficient (Wildman–Crippen LogP) is 4.42. The van der Waals surface area contributed by atoms with Gasteiger partial charge in [0.2, 0.25) is 0 Å². The van der Waals surface area contributed by atoms with Crippen LogP contribution < -0.4 is 0 Å². The van der Waals surface area contributed by atoms with E-state index in [-0.39, 0.29) is 16.9 Å². The van der Waals surface area contributed by atoms with E-state index in [1.54, 1.807) is 7.11 Å². The highest BCUT2D eigenvalue weighted by Gasteiger charge is 2.54. The Balaban J connectivity index is 1.99. The van der Waals surface area contributed by atoms with Gasteiger partial charge in [0.1, 0.15) is 6.79 Å². The number of methoxy groups -OCH3 is 1. The number of allylic oxidation sites excluding steroid dienone is 1. The summed E-state index contributed by atoms with van der Waals surface area (Å²) in [5, 5.41) is 0. The van der Waals surface area contributed by atoms with Crippen molar-refractivity contribution in [3.8, 4) is 0 Å². The van der Waals surface area contributed by atoms with E-state index < -0.39 is 0 Å². The van der Waals surface area contributed by atoms with E-state index in [1.165, 1.54) is 24.8 Å². The van der Waals surface area contributed by atoms with Gasteiger partial charge in [-0.25, -0.2) is 0 Å². The number of hydrogen-bond donors (Lipinski definition) is 0. The Morgan fingerprint density at radius 1 is 1.14 bits per heavy atom. The molecule has 3 nitrogen and oxygen atoms in total. The first-order valence-electron chi connectivity index (χ1n) is 8.71. The van der Waals surface area contributed by atoms with Crippen molar-refractivity contribution in [2.75, 3.05) is 27.1 Å². The Morgan fingerprint density at radius 3 is 2.55 bits per heavy atom. The molecule has 2 aliphatic rings. The van der Waals surface area contributed by atoms with Crippen LogP contribution in [0.5, 0.6) is 0 Å². The fourth-order valence-corrected chi connectivity index (χ4v) is 4.88. The standard InChI is InChI=1S/C19H34O3/c1-14-7-8-16-18(3,4)17(22-13-21-12-11-20-6)9-10-19(16,5)15(14)2/h14,16-17H,2,7-13H2,1,3-6H3/t14-,16+,17+,19-/m1/s1. The van der Waals surface area contributed by atoms with Crippen LogP contribution in [0.3, 0.4) is 0 Å². The molecule has 0 heterocycles. The van der Waals surface area contributed by atoms with Crippen LogP contribution in [0.25, 0.3) is 0 Å². The first kappa shape index (κ1) is 18.0. The lowest BCUT2D eigenvalue weighted by Crippen LogP contribution is -2.53. The van der Waals surface area contributed by atoms with Gasteiger partial charge in [-0.3, -0.25) is 0 Å². The van der Waals surface area contributed by atoms with Crippen LogP contribution in [0.2, 0.25) is 0 Å². The van der Waals surface area contributed by atoms with Gasteiger partial charge < -0.3 is 14.2 Å². The van der Waals surface area contributed by atoms with Crippen LogP contribution in [-0.4, -0.2) is 33.2 Å². The molecule has 0 bridgehead atoms. The molecule has 0 aromatic carbocycles. The van der Waals surface area contributed by atoms with E-state index in [2.05, 4.69) is 34.3 Å². The lowest BCUT2D eigenvalue weighted by Gasteiger charge is -2.58. The highest BCUT2D eigenvalue weighted by atomic mass is 16.7. The van der Waals surface area contributed by atoms with Crippen LogP contribution in [-0.2, 0) is 14.2 Å². The van der Waals surface area contributed by atoms with Gasteiger partial charge in [-0.15, -0.1) is 0 Å². The molecule has 0 aromatic heterocycles. The monoisotopic (exact) mass is 310 g/mol. The zero-order valence-electron chi connectivity index (χ0n) is 15.1. The Kier molecular flexibility index (Phi) is 5.73. The average Bonchev–Trinajstić information content (AvgIpc) is 2.46. The number of hydrogen-bond acceptors (Lipinski definition) is 3. The van der Waals surface area contributed by atoms with E-state index in [1.807, 2.05) is 0 Å². The summed E-state index contributed by atoms with van der Waals surface area (Å²) >= 11 is 0. The highest BCUT2D eigenvalue weighted by molar-refractivity contribution is 5.21. The van der Waals surface area contributed by atoms with Gasteiger partial charge in [-0.05, 0) is 48.3 Å². The van der Waals surface area contributed by atoms with Gasteiger partial charge in [-0.1, -0.05) is 39.8 Å². The Hall–Kier alpha value is -0.380. The summed E-state index contributed by atoms with van der Waals surface area (Å²) in [4.78, 5) is 0. The van der Waals surface area contributed by atoms with Crippen molar-refractivity contribution in [2.24, 2.45) is 22.7 Å². The minimum absolute atomic E-state index is 0.167. The van der Waals surface area contributed by atoms with Crippen molar-refractivity contribution in [1.29, 1.82) is 0 Å². The highest BCUT2D eigenvalue weighted by Crippen LogP contribution is 2.60. The Bertz CT molecular complexity index is 390. The molecular weight excluding hydrogens is 276 g/mol. The molecule has 0 aliphatic heterocycles. The van der Waals surface area contributed by atoms with Crippen LogP contribution in [0.1, 0.15) is 53.4 Å². The van der Waals surface area contributed by atoms with E-state index >= 15 is 0 Å². The summed E-state index contributed by atoms with van der Waals surface area (Å²) in [6.45, 7) is 15.6. The molecule has 128 valence electrons. The van der Waals surface area contributed by atoms with Crippen molar-refractivity contribution >= 4 is 0 Å². The summed E-state index contributed by atoms with van der Waals surface area (Å²) in [5.74, 6) is 1.31. The largest absolute Gasteiger partial charge is 0.382 e. The van der Waals surface area contributed by atoms with Crippen molar-refractivity contribution in [2.45, 2.75) is 59.5 Å². The first-order chi connectivity index (χ1) is 10.3. The SMILES string of the molecule is C=C1[C@H](C)CC[C@H]2C(C)(C)[C@@H](OCOCCOC)CC[C@]12C. The van der Waals surface area contributed by atoms with Gasteiger partial charge in [0.15, 0.2) is 0 Å². The molecule has 0 unspecified atom stereocenters. The molecule has 0 saturated heterocycles. The maximum atomic E-state index is 6.09. The molecule has 2 fully saturated rings. The summed E-state index contributed by atoms with van der Waals surface area (Å²) in [6, 6.07) is 0. The van der Waals surface area contributed by atoms with Gasteiger partial charge in [0.05, 0.1) is 19.3 Å². The van der Waals surface area contributed by atoms with Crippen molar-refractivity contribution in [3.63, 3.8) is 0 Å². The molecule has 3 heteroatoms. The third-order valence-corrected chi connectivity index (χ3v) is 6.42. The van der Waals surface area contributed by atoms with Crippen molar-refractivity contribution in [1.82, 2.24) is 0 Å². The third-order valence-electron chi connectivity index (χ3n) is 6.42. The second kappa shape index (κ2) is 7.02. The molecule has 0 aromatic rings. The van der Waals surface area contributed by atoms with E-state index in [9.17, 15) is 0 Å². The minimum Gasteiger partial charge on any atom is -0.382 e. The maximum absolute atomic E-state index is 6.09. The number of rotatable bonds is 6. The molecule has 4 atom stereocenters. The smallest absolute Gasteiger partial charge is 0.147 e. The number of ether oxygens (including phenoxy) is 3. The fourth-order valence-electron chi connectivity index (χ4n) is 4.88. The molecule has 2 rings (SSSR count). The molecular formula is C19H34O3. The van der Waals surface area contributed by atoms with E-state index in [4.69, 9.17) is 14.2 Å². The van der Waals surface area contributed by atoms with Crippen molar-refractivity contribution < 1.29 is 14.2 Å². The second-order valence-electron chi connectivity index (χ2n) is 8.01. The lowest BCUT2D eigenvalue weighted by atomic mass is 9.48. The summed E-state index contributed by atoms with van der Waals surface area (Å²) < 4.78 is 16.6. The third kappa shape index (κ3) is 3.27. The fraction of sp³-hybridized carbons (Fsp3) is 0.895. The molecule has 0 N–H and O–H groups in total. The summed E-state index contributed by atoms with van der Waals surface area (Å²) in [6.07, 6.45) is 5.11. The first-order valence-corrected chi connectivity index (χ1v) is 8.71. The molecule has 2 saturated carbocycles. The topological polar surface area (TPSA) is 27.7 Å². The van der Waals surface area contributed by atoms with Gasteiger partial charge >= 0.3 is 0 Å². The lowest BCUT2D eigenvalue weighted by molar-refractivity contribution is -0.176. The average molecular weight is 310 g/mol. The zero-order chi connectivity index (χ0) is 16.4. The molecule has 0 amide bonds. The summed E-state index contributed by atoms with van der Waals surface area (Å²) in [7, 11) is 1.69. The summed E-state index contributed by atoms with van der Waals surface area (Å²) in [5.41, 5.74) is 1.91. The molecule has 0 radical (unpaired) electrons. The predicted molar refractivity (Wildman–Crippen MR) is 89.7 cm³/mol. The molecule has 0 spiro atoms. The Labute approximate surface area is 136 Å². The van der Waals surface area contributed by atoms with Crippen molar-refractivity contribution in [3.05, 3.63) is 12.2 Å². The van der Waals surface area contributed by atoms with E-state index in [0.29, 0.717) is 31.8 Å². The normalized spacial score (nSPS) is 37.9. The Morgan fingerprint density at radius 2 is 1.86 bits per heavy atom. The van der Waals surface area contributed by atoms with Crippen LogP contribution >= 0.6 is 0 Å². The second-order valence-corrected chi connectivity index (χ2v) is 8.01. The molecule has 22 heavy (non-hydrogen) atoms.